The maximum atomic E-state index is 12.4. The van der Waals surface area contributed by atoms with Gasteiger partial charge in [0.25, 0.3) is 5.91 Å². The van der Waals surface area contributed by atoms with Gasteiger partial charge in [-0.1, -0.05) is 6.92 Å². The molecule has 21 heavy (non-hydrogen) atoms. The molecule has 114 valence electrons. The fraction of sp³-hybridized carbons (Fsp3) is 0.467. The Hall–Kier alpha value is -1.82. The van der Waals surface area contributed by atoms with Crippen molar-refractivity contribution >= 4 is 22.9 Å². The molecule has 3 N–H and O–H groups in total. The Morgan fingerprint density at radius 2 is 2.24 bits per heavy atom. The maximum absolute atomic E-state index is 12.4. The van der Waals surface area contributed by atoms with E-state index in [9.17, 15) is 4.79 Å². The second-order valence-corrected chi connectivity index (χ2v) is 6.65. The molecule has 2 aromatic heterocycles. The molecule has 0 spiro atoms. The van der Waals surface area contributed by atoms with Gasteiger partial charge in [-0.25, -0.2) is 0 Å². The Bertz CT molecular complexity index is 644. The van der Waals surface area contributed by atoms with Gasteiger partial charge in [-0.3, -0.25) is 9.48 Å². The van der Waals surface area contributed by atoms with Crippen molar-refractivity contribution in [3.63, 3.8) is 0 Å². The molecular formula is C15H22N4OS. The monoisotopic (exact) mass is 306 g/mol. The lowest BCUT2D eigenvalue weighted by Crippen LogP contribution is -2.35. The van der Waals surface area contributed by atoms with Gasteiger partial charge in [-0.05, 0) is 32.4 Å². The molecule has 0 bridgehead atoms. The predicted molar refractivity (Wildman–Crippen MR) is 86.7 cm³/mol. The van der Waals surface area contributed by atoms with E-state index in [-0.39, 0.29) is 11.9 Å². The fourth-order valence-electron chi connectivity index (χ4n) is 2.37. The van der Waals surface area contributed by atoms with E-state index < -0.39 is 0 Å². The Morgan fingerprint density at radius 1 is 1.52 bits per heavy atom. The largest absolute Gasteiger partial charge is 0.395 e. The summed E-state index contributed by atoms with van der Waals surface area (Å²) < 4.78 is 1.56. The molecule has 6 heteroatoms. The molecular weight excluding hydrogens is 284 g/mol. The van der Waals surface area contributed by atoms with Gasteiger partial charge in [0.15, 0.2) is 0 Å². The van der Waals surface area contributed by atoms with E-state index >= 15 is 0 Å². The minimum Gasteiger partial charge on any atom is -0.395 e. The van der Waals surface area contributed by atoms with E-state index in [1.807, 2.05) is 13.8 Å². The number of nitrogen functional groups attached to an aromatic ring is 1. The molecule has 5 nitrogen and oxygen atoms in total. The molecule has 0 saturated carbocycles. The Kier molecular flexibility index (Phi) is 4.67. The Balaban J connectivity index is 2.05. The Labute approximate surface area is 129 Å². The van der Waals surface area contributed by atoms with Crippen LogP contribution in [0, 0.1) is 6.92 Å². The summed E-state index contributed by atoms with van der Waals surface area (Å²) in [4.78, 5) is 14.9. The van der Waals surface area contributed by atoms with Crippen molar-refractivity contribution in [2.24, 2.45) is 7.05 Å². The van der Waals surface area contributed by atoms with Crippen LogP contribution in [0.15, 0.2) is 12.1 Å². The van der Waals surface area contributed by atoms with Crippen molar-refractivity contribution in [1.29, 1.82) is 0 Å². The topological polar surface area (TPSA) is 72.9 Å². The first-order chi connectivity index (χ1) is 9.92. The first-order valence-electron chi connectivity index (χ1n) is 7.09. The van der Waals surface area contributed by atoms with Crippen LogP contribution in [-0.4, -0.2) is 21.7 Å². The smallest absolute Gasteiger partial charge is 0.271 e. The first-order valence-corrected chi connectivity index (χ1v) is 7.91. The summed E-state index contributed by atoms with van der Waals surface area (Å²) in [5.41, 5.74) is 7.70. The third-order valence-corrected chi connectivity index (χ3v) is 4.41. The summed E-state index contributed by atoms with van der Waals surface area (Å²) in [5, 5.41) is 7.28. The number of nitrogens with zero attached hydrogens (tertiary/aromatic N) is 2. The van der Waals surface area contributed by atoms with Crippen molar-refractivity contribution in [3.05, 3.63) is 33.3 Å². The lowest BCUT2D eigenvalue weighted by atomic mass is 10.2. The minimum atomic E-state index is -0.164. The zero-order chi connectivity index (χ0) is 15.6. The summed E-state index contributed by atoms with van der Waals surface area (Å²) in [6.45, 7) is 6.06. The number of nitrogens with two attached hydrogens (primary N) is 1. The highest BCUT2D eigenvalue weighted by atomic mass is 32.1. The van der Waals surface area contributed by atoms with E-state index in [1.165, 1.54) is 9.75 Å². The highest BCUT2D eigenvalue weighted by Gasteiger charge is 2.20. The fourth-order valence-corrected chi connectivity index (χ4v) is 3.39. The van der Waals surface area contributed by atoms with Gasteiger partial charge in [0.1, 0.15) is 5.69 Å². The number of hydrogen-bond donors (Lipinski definition) is 2. The summed E-state index contributed by atoms with van der Waals surface area (Å²) in [6.07, 6.45) is 1.54. The molecule has 0 aliphatic heterocycles. The standard InChI is InChI=1S/C15H22N4OS/c1-5-12-13(16)14(19(4)18-12)15(20)17-9(2)8-11-7-6-10(3)21-11/h6-7,9H,5,8,16H2,1-4H3,(H,17,20). The van der Waals surface area contributed by atoms with Crippen molar-refractivity contribution in [2.75, 3.05) is 5.73 Å². The molecule has 2 heterocycles. The summed E-state index contributed by atoms with van der Waals surface area (Å²) in [6, 6.07) is 4.26. The SMILES string of the molecule is CCc1nn(C)c(C(=O)NC(C)Cc2ccc(C)s2)c1N. The van der Waals surface area contributed by atoms with Crippen molar-refractivity contribution in [1.82, 2.24) is 15.1 Å². The minimum absolute atomic E-state index is 0.0509. The van der Waals surface area contributed by atoms with Gasteiger partial charge in [-0.15, -0.1) is 11.3 Å². The molecule has 2 rings (SSSR count). The van der Waals surface area contributed by atoms with Crippen LogP contribution in [0.2, 0.25) is 0 Å². The normalized spacial score (nSPS) is 12.4. The third-order valence-electron chi connectivity index (χ3n) is 3.39. The number of carbonyl (C=O) groups excluding carboxylic acids is 1. The van der Waals surface area contributed by atoms with Crippen LogP contribution in [0.4, 0.5) is 5.69 Å². The number of hydrogen-bond acceptors (Lipinski definition) is 4. The lowest BCUT2D eigenvalue weighted by molar-refractivity contribution is 0.0931. The number of amides is 1. The molecule has 2 aromatic rings. The lowest BCUT2D eigenvalue weighted by Gasteiger charge is -2.13. The summed E-state index contributed by atoms with van der Waals surface area (Å²) >= 11 is 1.76. The van der Waals surface area contributed by atoms with Crippen molar-refractivity contribution in [3.8, 4) is 0 Å². The first kappa shape index (κ1) is 15.6. The number of thiophene rings is 1. The molecule has 1 unspecified atom stereocenters. The van der Waals surface area contributed by atoms with Crippen LogP contribution in [0.1, 0.15) is 39.8 Å². The van der Waals surface area contributed by atoms with Gasteiger partial charge in [0.2, 0.25) is 0 Å². The number of rotatable bonds is 5. The number of aromatic nitrogens is 2. The molecule has 0 aliphatic carbocycles. The van der Waals surface area contributed by atoms with Gasteiger partial charge >= 0.3 is 0 Å². The van der Waals surface area contributed by atoms with Gasteiger partial charge < -0.3 is 11.1 Å². The van der Waals surface area contributed by atoms with Crippen LogP contribution in [-0.2, 0) is 19.9 Å². The van der Waals surface area contributed by atoms with Crippen LogP contribution in [0.5, 0.6) is 0 Å². The molecule has 0 radical (unpaired) electrons. The van der Waals surface area contributed by atoms with E-state index in [4.69, 9.17) is 5.73 Å². The van der Waals surface area contributed by atoms with E-state index in [1.54, 1.807) is 23.1 Å². The number of aryl methyl sites for hydroxylation is 3. The third kappa shape index (κ3) is 3.44. The average Bonchev–Trinajstić information content (AvgIpc) is 2.92. The average molecular weight is 306 g/mol. The van der Waals surface area contributed by atoms with E-state index in [2.05, 4.69) is 29.5 Å². The van der Waals surface area contributed by atoms with Gasteiger partial charge in [0.05, 0.1) is 11.4 Å². The van der Waals surface area contributed by atoms with E-state index in [0.717, 1.165) is 18.5 Å². The molecule has 0 saturated heterocycles. The van der Waals surface area contributed by atoms with Crippen molar-refractivity contribution in [2.45, 2.75) is 39.7 Å². The second kappa shape index (κ2) is 6.30. The van der Waals surface area contributed by atoms with Crippen LogP contribution >= 0.6 is 11.3 Å². The molecule has 0 fully saturated rings. The van der Waals surface area contributed by atoms with Crippen LogP contribution < -0.4 is 11.1 Å². The summed E-state index contributed by atoms with van der Waals surface area (Å²) in [5.74, 6) is -0.164. The van der Waals surface area contributed by atoms with E-state index in [0.29, 0.717) is 11.4 Å². The predicted octanol–water partition coefficient (Wildman–Crippen LogP) is 2.30. The van der Waals surface area contributed by atoms with Gasteiger partial charge in [-0.2, -0.15) is 5.10 Å². The highest BCUT2D eigenvalue weighted by Crippen LogP contribution is 2.19. The van der Waals surface area contributed by atoms with Crippen LogP contribution in [0.3, 0.4) is 0 Å². The number of anilines is 1. The quantitative estimate of drug-likeness (QED) is 0.890. The van der Waals surface area contributed by atoms with Gasteiger partial charge in [0, 0.05) is 29.3 Å². The zero-order valence-electron chi connectivity index (χ0n) is 12.9. The number of carbonyl (C=O) groups is 1. The summed E-state index contributed by atoms with van der Waals surface area (Å²) in [7, 11) is 1.75. The van der Waals surface area contributed by atoms with Crippen LogP contribution in [0.25, 0.3) is 0 Å². The highest BCUT2D eigenvalue weighted by molar-refractivity contribution is 7.11. The molecule has 1 atom stereocenters. The molecule has 0 aliphatic rings. The maximum Gasteiger partial charge on any atom is 0.271 e. The number of nitrogens with one attached hydrogen (secondary N) is 1. The molecule has 0 aromatic carbocycles. The second-order valence-electron chi connectivity index (χ2n) is 5.28. The Morgan fingerprint density at radius 3 is 2.76 bits per heavy atom. The molecule has 1 amide bonds. The zero-order valence-corrected chi connectivity index (χ0v) is 13.8. The van der Waals surface area contributed by atoms with Crippen molar-refractivity contribution < 1.29 is 4.79 Å².